The summed E-state index contributed by atoms with van der Waals surface area (Å²) in [5, 5.41) is 15.3. The lowest BCUT2D eigenvalue weighted by Crippen LogP contribution is -1.95. The van der Waals surface area contributed by atoms with Crippen molar-refractivity contribution >= 4 is 128 Å². The molecule has 0 aliphatic carbocycles. The minimum absolute atomic E-state index is 0.978. The Morgan fingerprint density at radius 3 is 2.02 bits per heavy atom. The van der Waals surface area contributed by atoms with E-state index >= 15 is 0 Å². The van der Waals surface area contributed by atoms with Crippen molar-refractivity contribution in [1.29, 1.82) is 0 Å². The summed E-state index contributed by atoms with van der Waals surface area (Å²) in [4.78, 5) is 4.99. The number of aromatic nitrogens is 3. The monoisotopic (exact) mass is 721 g/mol. The van der Waals surface area contributed by atoms with Crippen LogP contribution in [-0.4, -0.2) is 14.1 Å². The average molecular weight is 722 g/mol. The van der Waals surface area contributed by atoms with E-state index in [0.29, 0.717) is 0 Å². The fraction of sp³-hybridized carbons (Fsp3) is 0. The third-order valence-corrected chi connectivity index (χ3v) is 13.8. The Labute approximate surface area is 316 Å². The van der Waals surface area contributed by atoms with Crippen LogP contribution in [0.5, 0.6) is 0 Å². The zero-order valence-corrected chi connectivity index (χ0v) is 30.4. The molecule has 0 saturated carbocycles. The minimum atomic E-state index is 0.978. The number of hydrogen-bond donors (Lipinski definition) is 0. The molecular weight excluding hydrogens is 695 g/mol. The van der Waals surface area contributed by atoms with Gasteiger partial charge in [0.15, 0.2) is 0 Å². The van der Waals surface area contributed by atoms with Gasteiger partial charge in [0.1, 0.15) is 5.65 Å². The summed E-state index contributed by atoms with van der Waals surface area (Å²) >= 11 is 3.79. The summed E-state index contributed by atoms with van der Waals surface area (Å²) in [5.74, 6) is 0. The molecule has 5 heterocycles. The van der Waals surface area contributed by atoms with Gasteiger partial charge in [-0.15, -0.1) is 22.7 Å². The van der Waals surface area contributed by atoms with Crippen LogP contribution in [0.3, 0.4) is 0 Å². The quantitative estimate of drug-likeness (QED) is 0.174. The molecule has 8 aromatic carbocycles. The van der Waals surface area contributed by atoms with Gasteiger partial charge in [-0.25, -0.2) is 4.98 Å². The maximum Gasteiger partial charge on any atom is 0.145 e. The van der Waals surface area contributed by atoms with Crippen LogP contribution < -0.4 is 0 Å². The van der Waals surface area contributed by atoms with E-state index in [1.54, 1.807) is 0 Å². The Balaban J connectivity index is 1.20. The molecule has 0 aliphatic rings. The molecular formula is C49H27N3S2. The van der Waals surface area contributed by atoms with Crippen molar-refractivity contribution in [3.05, 3.63) is 164 Å². The van der Waals surface area contributed by atoms with Crippen LogP contribution in [0.25, 0.3) is 117 Å². The van der Waals surface area contributed by atoms with Crippen LogP contribution in [0.15, 0.2) is 164 Å². The van der Waals surface area contributed by atoms with Gasteiger partial charge in [0, 0.05) is 84.8 Å². The third kappa shape index (κ3) is 3.77. The van der Waals surface area contributed by atoms with E-state index in [4.69, 9.17) is 4.98 Å². The van der Waals surface area contributed by atoms with Gasteiger partial charge in [-0.1, -0.05) is 97.1 Å². The number of nitrogens with zero attached hydrogens (tertiary/aromatic N) is 3. The number of hydrogen-bond acceptors (Lipinski definition) is 3. The number of thiophene rings is 2. The number of pyridine rings is 1. The predicted molar refractivity (Wildman–Crippen MR) is 234 cm³/mol. The second-order valence-electron chi connectivity index (χ2n) is 14.3. The van der Waals surface area contributed by atoms with E-state index in [2.05, 4.69) is 167 Å². The van der Waals surface area contributed by atoms with Crippen LogP contribution >= 0.6 is 22.7 Å². The topological polar surface area (TPSA) is 22.8 Å². The molecule has 13 aromatic rings. The molecule has 0 aliphatic heterocycles. The lowest BCUT2D eigenvalue weighted by molar-refractivity contribution is 1.14. The molecule has 0 bridgehead atoms. The van der Waals surface area contributed by atoms with Crippen LogP contribution in [-0.2, 0) is 0 Å². The molecule has 3 nitrogen and oxygen atoms in total. The van der Waals surface area contributed by atoms with Gasteiger partial charge in [-0.05, 0) is 76.8 Å². The van der Waals surface area contributed by atoms with E-state index in [-0.39, 0.29) is 0 Å². The Bertz CT molecular complexity index is 3740. The normalized spacial score (nSPS) is 12.4. The number of benzene rings is 8. The largest absolute Gasteiger partial charge is 0.308 e. The molecule has 0 saturated heterocycles. The number of para-hydroxylation sites is 1. The smallest absolute Gasteiger partial charge is 0.145 e. The highest BCUT2D eigenvalue weighted by Crippen LogP contribution is 2.50. The minimum Gasteiger partial charge on any atom is -0.308 e. The first-order chi connectivity index (χ1) is 26.8. The molecule has 54 heavy (non-hydrogen) atoms. The molecule has 0 amide bonds. The maximum absolute atomic E-state index is 4.99. The van der Waals surface area contributed by atoms with Gasteiger partial charge in [0.2, 0.25) is 0 Å². The number of fused-ring (bicyclic) bond motifs is 17. The zero-order chi connectivity index (χ0) is 35.1. The van der Waals surface area contributed by atoms with E-state index in [1.165, 1.54) is 100 Å². The van der Waals surface area contributed by atoms with Gasteiger partial charge in [-0.3, -0.25) is 4.57 Å². The fourth-order valence-corrected chi connectivity index (χ4v) is 11.6. The van der Waals surface area contributed by atoms with E-state index in [9.17, 15) is 0 Å². The zero-order valence-electron chi connectivity index (χ0n) is 28.7. The van der Waals surface area contributed by atoms with Crippen molar-refractivity contribution in [1.82, 2.24) is 14.1 Å². The Kier molecular flexibility index (Phi) is 5.66. The first-order valence-corrected chi connectivity index (χ1v) is 19.9. The Morgan fingerprint density at radius 1 is 0.389 bits per heavy atom. The average Bonchev–Trinajstić information content (AvgIpc) is 3.97. The summed E-state index contributed by atoms with van der Waals surface area (Å²) in [6.45, 7) is 0. The first-order valence-electron chi connectivity index (χ1n) is 18.3. The molecule has 250 valence electrons. The summed E-state index contributed by atoms with van der Waals surface area (Å²) in [6.07, 6.45) is 1.91. The van der Waals surface area contributed by atoms with E-state index in [0.717, 1.165) is 16.7 Å². The van der Waals surface area contributed by atoms with Crippen molar-refractivity contribution in [2.24, 2.45) is 0 Å². The van der Waals surface area contributed by atoms with Gasteiger partial charge in [-0.2, -0.15) is 0 Å². The maximum atomic E-state index is 4.99. The summed E-state index contributed by atoms with van der Waals surface area (Å²) < 4.78 is 10.1. The summed E-state index contributed by atoms with van der Waals surface area (Å²) in [7, 11) is 0. The van der Waals surface area contributed by atoms with Crippen molar-refractivity contribution < 1.29 is 0 Å². The van der Waals surface area contributed by atoms with Crippen LogP contribution in [0.2, 0.25) is 0 Å². The standard InChI is InChI=1S/C49H27N3S2/c1-2-11-29-24-30(20-19-28(29)10-1)52-41-27-44-39(26-38(41)36-16-9-23-50-49(36)52)46-47-45(34-13-3-4-14-35(34)48(46)54-44)37-15-5-7-17-40(37)51(47)31-21-22-33-32-12-6-8-18-42(32)53-43(33)25-31/h1-27H. The lowest BCUT2D eigenvalue weighted by atomic mass is 9.99. The van der Waals surface area contributed by atoms with Crippen molar-refractivity contribution in [2.75, 3.05) is 0 Å². The van der Waals surface area contributed by atoms with E-state index < -0.39 is 0 Å². The molecule has 0 atom stereocenters. The molecule has 0 N–H and O–H groups in total. The van der Waals surface area contributed by atoms with Crippen LogP contribution in [0.4, 0.5) is 0 Å². The molecule has 5 heteroatoms. The van der Waals surface area contributed by atoms with Crippen molar-refractivity contribution in [3.8, 4) is 11.4 Å². The second-order valence-corrected chi connectivity index (χ2v) is 16.4. The fourth-order valence-electron chi connectivity index (χ4n) is 9.20. The highest BCUT2D eigenvalue weighted by Gasteiger charge is 2.24. The second kappa shape index (κ2) is 10.5. The molecule has 0 spiro atoms. The number of rotatable bonds is 2. The van der Waals surface area contributed by atoms with E-state index in [1.807, 2.05) is 28.9 Å². The Hall–Kier alpha value is -6.53. The molecule has 13 rings (SSSR count). The van der Waals surface area contributed by atoms with Gasteiger partial charge >= 0.3 is 0 Å². The summed E-state index contributed by atoms with van der Waals surface area (Å²) in [6, 6.07) is 58.3. The van der Waals surface area contributed by atoms with Crippen molar-refractivity contribution in [3.63, 3.8) is 0 Å². The van der Waals surface area contributed by atoms with Crippen LogP contribution in [0.1, 0.15) is 0 Å². The lowest BCUT2D eigenvalue weighted by Gasteiger charge is -2.11. The van der Waals surface area contributed by atoms with Gasteiger partial charge < -0.3 is 4.57 Å². The highest BCUT2D eigenvalue weighted by atomic mass is 32.1. The molecule has 0 unspecified atom stereocenters. The molecule has 5 aromatic heterocycles. The van der Waals surface area contributed by atoms with Crippen LogP contribution in [0, 0.1) is 0 Å². The third-order valence-electron chi connectivity index (χ3n) is 11.5. The molecule has 0 radical (unpaired) electrons. The highest BCUT2D eigenvalue weighted by molar-refractivity contribution is 7.27. The SMILES string of the molecule is c1ccc2cc(-n3c4cc5sc6c7ccccc7c7c8ccccc8n(-c8ccc9c(c8)sc8ccccc89)c7c6c5cc4c4cccnc43)ccc2c1. The van der Waals surface area contributed by atoms with Crippen molar-refractivity contribution in [2.45, 2.75) is 0 Å². The predicted octanol–water partition coefficient (Wildman–Crippen LogP) is 14.3. The van der Waals surface area contributed by atoms with Gasteiger partial charge in [0.25, 0.3) is 0 Å². The first kappa shape index (κ1) is 29.0. The molecule has 0 fully saturated rings. The van der Waals surface area contributed by atoms with Gasteiger partial charge in [0.05, 0.1) is 16.6 Å². The summed E-state index contributed by atoms with van der Waals surface area (Å²) in [5.41, 5.74) is 6.96. The Morgan fingerprint density at radius 2 is 1.09 bits per heavy atom.